The molecule has 0 aliphatic carbocycles. The van der Waals surface area contributed by atoms with Crippen molar-refractivity contribution in [2.75, 3.05) is 13.1 Å². The quantitative estimate of drug-likeness (QED) is 0.456. The summed E-state index contributed by atoms with van der Waals surface area (Å²) in [5, 5.41) is 12.3. The van der Waals surface area contributed by atoms with E-state index in [4.69, 9.17) is 5.21 Å². The van der Waals surface area contributed by atoms with E-state index in [1.807, 2.05) is 0 Å². The molecule has 0 aromatic heterocycles. The Bertz CT molecular complexity index is 239. The van der Waals surface area contributed by atoms with Gasteiger partial charge in [-0.15, -0.1) is 5.16 Å². The van der Waals surface area contributed by atoms with Gasteiger partial charge in [0.05, 0.1) is 11.8 Å². The Morgan fingerprint density at radius 2 is 1.75 bits per heavy atom. The van der Waals surface area contributed by atoms with Crippen molar-refractivity contribution in [3.8, 4) is 0 Å². The molecule has 94 valence electrons. The second-order valence-corrected chi connectivity index (χ2v) is 5.82. The third-order valence-electron chi connectivity index (χ3n) is 4.03. The highest BCUT2D eigenvalue weighted by Gasteiger charge is 2.44. The first kappa shape index (κ1) is 13.5. The Morgan fingerprint density at radius 1 is 1.19 bits per heavy atom. The van der Waals surface area contributed by atoms with E-state index in [9.17, 15) is 0 Å². The van der Waals surface area contributed by atoms with Gasteiger partial charge in [0.1, 0.15) is 0 Å². The molecule has 3 nitrogen and oxygen atoms in total. The Morgan fingerprint density at radius 3 is 2.12 bits per heavy atom. The fourth-order valence-electron chi connectivity index (χ4n) is 2.98. The van der Waals surface area contributed by atoms with Crippen molar-refractivity contribution < 1.29 is 5.21 Å². The first-order valence-corrected chi connectivity index (χ1v) is 6.41. The molecule has 0 amide bonds. The molecule has 1 fully saturated rings. The van der Waals surface area contributed by atoms with Crippen LogP contribution in [0.2, 0.25) is 0 Å². The first-order valence-electron chi connectivity index (χ1n) is 6.41. The maximum absolute atomic E-state index is 8.97. The second-order valence-electron chi connectivity index (χ2n) is 5.82. The van der Waals surface area contributed by atoms with E-state index in [0.29, 0.717) is 0 Å². The molecule has 3 heteroatoms. The summed E-state index contributed by atoms with van der Waals surface area (Å²) in [5.74, 6) is 0. The Kier molecular flexibility index (Phi) is 4.36. The zero-order chi connectivity index (χ0) is 12.2. The lowest BCUT2D eigenvalue weighted by atomic mass is 9.70. The summed E-state index contributed by atoms with van der Waals surface area (Å²) in [6.07, 6.45) is 6.59. The molecule has 1 atom stereocenters. The second kappa shape index (κ2) is 5.17. The smallest absolute Gasteiger partial charge is 0.0644 e. The van der Waals surface area contributed by atoms with Crippen molar-refractivity contribution in [1.29, 1.82) is 0 Å². The molecule has 1 saturated heterocycles. The van der Waals surface area contributed by atoms with Crippen LogP contribution >= 0.6 is 0 Å². The van der Waals surface area contributed by atoms with Gasteiger partial charge in [-0.05, 0) is 37.8 Å². The summed E-state index contributed by atoms with van der Waals surface area (Å²) >= 11 is 0. The fraction of sp³-hybridized carbons (Fsp3) is 0.923. The molecule has 0 aromatic rings. The lowest BCUT2D eigenvalue weighted by Crippen LogP contribution is -2.59. The lowest BCUT2D eigenvalue weighted by molar-refractivity contribution is 0.0320. The number of rotatable bonds is 3. The summed E-state index contributed by atoms with van der Waals surface area (Å²) in [6, 6.07) is 0. The van der Waals surface area contributed by atoms with Crippen LogP contribution in [0.15, 0.2) is 5.16 Å². The largest absolute Gasteiger partial charge is 0.411 e. The number of piperidine rings is 1. The summed E-state index contributed by atoms with van der Waals surface area (Å²) in [5.41, 5.74) is -0.0203. The third-order valence-corrected chi connectivity index (χ3v) is 4.03. The molecule has 1 N–H and O–H groups in total. The van der Waals surface area contributed by atoms with Gasteiger partial charge in [0, 0.05) is 0 Å². The van der Waals surface area contributed by atoms with E-state index < -0.39 is 0 Å². The number of nitrogens with zero attached hydrogens (tertiary/aromatic N) is 2. The van der Waals surface area contributed by atoms with E-state index in [2.05, 4.69) is 37.8 Å². The molecule has 1 heterocycles. The predicted molar refractivity (Wildman–Crippen MR) is 68.2 cm³/mol. The maximum atomic E-state index is 8.97. The summed E-state index contributed by atoms with van der Waals surface area (Å²) in [7, 11) is 0. The molecular formula is C13H26N2O. The third kappa shape index (κ3) is 2.40. The van der Waals surface area contributed by atoms with Crippen molar-refractivity contribution in [1.82, 2.24) is 4.90 Å². The average Bonchev–Trinajstić information content (AvgIpc) is 2.25. The first-order chi connectivity index (χ1) is 7.48. The number of hydrogen-bond donors (Lipinski definition) is 1. The van der Waals surface area contributed by atoms with Gasteiger partial charge >= 0.3 is 0 Å². The van der Waals surface area contributed by atoms with Crippen LogP contribution in [-0.2, 0) is 0 Å². The van der Waals surface area contributed by atoms with Crippen LogP contribution in [0.25, 0.3) is 0 Å². The molecule has 16 heavy (non-hydrogen) atoms. The Balaban J connectivity index is 3.00. The molecule has 0 spiro atoms. The number of hydrogen-bond acceptors (Lipinski definition) is 3. The molecule has 1 aliphatic heterocycles. The van der Waals surface area contributed by atoms with Crippen molar-refractivity contribution in [2.45, 2.75) is 58.9 Å². The van der Waals surface area contributed by atoms with Gasteiger partial charge in [0.15, 0.2) is 0 Å². The van der Waals surface area contributed by atoms with E-state index in [1.54, 1.807) is 6.21 Å². The Labute approximate surface area is 99.5 Å². The van der Waals surface area contributed by atoms with Gasteiger partial charge in [-0.3, -0.25) is 4.90 Å². The van der Waals surface area contributed by atoms with Crippen LogP contribution in [0, 0.1) is 5.41 Å². The average molecular weight is 226 g/mol. The fourth-order valence-corrected chi connectivity index (χ4v) is 2.98. The van der Waals surface area contributed by atoms with Crippen LogP contribution in [-0.4, -0.2) is 35.0 Å². The lowest BCUT2D eigenvalue weighted by Gasteiger charge is -2.50. The normalized spacial score (nSPS) is 23.5. The minimum Gasteiger partial charge on any atom is -0.411 e. The van der Waals surface area contributed by atoms with E-state index in [-0.39, 0.29) is 11.0 Å². The van der Waals surface area contributed by atoms with Crippen LogP contribution < -0.4 is 0 Å². The van der Waals surface area contributed by atoms with E-state index >= 15 is 0 Å². The molecule has 1 rings (SSSR count). The number of oxime groups is 1. The Hall–Kier alpha value is -0.570. The highest BCUT2D eigenvalue weighted by atomic mass is 16.4. The van der Waals surface area contributed by atoms with Gasteiger partial charge in [-0.25, -0.2) is 0 Å². The monoisotopic (exact) mass is 226 g/mol. The topological polar surface area (TPSA) is 35.8 Å². The van der Waals surface area contributed by atoms with Crippen LogP contribution in [0.3, 0.4) is 0 Å². The van der Waals surface area contributed by atoms with Gasteiger partial charge < -0.3 is 5.21 Å². The minimum absolute atomic E-state index is 0.0886. The summed E-state index contributed by atoms with van der Waals surface area (Å²) in [4.78, 5) is 2.50. The molecule has 1 unspecified atom stereocenters. The van der Waals surface area contributed by atoms with Gasteiger partial charge in [0.2, 0.25) is 0 Å². The van der Waals surface area contributed by atoms with Crippen molar-refractivity contribution in [3.63, 3.8) is 0 Å². The summed E-state index contributed by atoms with van der Waals surface area (Å²) in [6.45, 7) is 11.1. The molecule has 0 bridgehead atoms. The molecule has 1 aliphatic rings. The zero-order valence-corrected chi connectivity index (χ0v) is 11.2. The number of likely N-dealkylation sites (tertiary alicyclic amines) is 1. The van der Waals surface area contributed by atoms with Crippen LogP contribution in [0.1, 0.15) is 53.4 Å². The molecule has 0 aromatic carbocycles. The minimum atomic E-state index is -0.109. The molecule has 0 saturated carbocycles. The van der Waals surface area contributed by atoms with Crippen molar-refractivity contribution in [2.24, 2.45) is 10.6 Å². The van der Waals surface area contributed by atoms with Crippen molar-refractivity contribution in [3.05, 3.63) is 0 Å². The predicted octanol–water partition coefficient (Wildman–Crippen LogP) is 3.13. The van der Waals surface area contributed by atoms with E-state index in [0.717, 1.165) is 19.5 Å². The van der Waals surface area contributed by atoms with Gasteiger partial charge in [-0.1, -0.05) is 34.1 Å². The highest BCUT2D eigenvalue weighted by Crippen LogP contribution is 2.38. The van der Waals surface area contributed by atoms with E-state index in [1.165, 1.54) is 19.3 Å². The zero-order valence-electron chi connectivity index (χ0n) is 11.2. The van der Waals surface area contributed by atoms with Crippen LogP contribution in [0.4, 0.5) is 0 Å². The van der Waals surface area contributed by atoms with Gasteiger partial charge in [0.25, 0.3) is 0 Å². The highest BCUT2D eigenvalue weighted by molar-refractivity contribution is 5.71. The standard InChI is InChI=1S/C13H26N2O/c1-5-13(11-14-16,12(2,3)4)15-9-7-6-8-10-15/h11,16H,5-10H2,1-4H3/b14-11+. The van der Waals surface area contributed by atoms with Crippen molar-refractivity contribution >= 4 is 6.21 Å². The maximum Gasteiger partial charge on any atom is 0.0644 e. The molecular weight excluding hydrogens is 200 g/mol. The SMILES string of the molecule is CCC(/C=N/O)(N1CCCCC1)C(C)(C)C. The summed E-state index contributed by atoms with van der Waals surface area (Å²) < 4.78 is 0. The van der Waals surface area contributed by atoms with Crippen LogP contribution in [0.5, 0.6) is 0 Å². The molecule has 0 radical (unpaired) electrons. The van der Waals surface area contributed by atoms with Gasteiger partial charge in [-0.2, -0.15) is 0 Å².